The molecule has 0 saturated carbocycles. The molecule has 0 radical (unpaired) electrons. The Hall–Kier alpha value is -2.46. The summed E-state index contributed by atoms with van der Waals surface area (Å²) in [5.41, 5.74) is 3.55. The normalized spacial score (nSPS) is 11.1. The van der Waals surface area contributed by atoms with Gasteiger partial charge < -0.3 is 4.74 Å². The zero-order chi connectivity index (χ0) is 15.1. The first-order valence-electron chi connectivity index (χ1n) is 7.06. The Morgan fingerprint density at radius 1 is 1.14 bits per heavy atom. The second-order valence-corrected chi connectivity index (χ2v) is 4.93. The number of ether oxygens (including phenoxy) is 1. The SMILES string of the molecule is C=CCC(C#Cc1ccc(OC)cc1)c1ccccc1C. The van der Waals surface area contributed by atoms with Gasteiger partial charge in [-0.25, -0.2) is 0 Å². The molecule has 0 N–H and O–H groups in total. The molecular formula is C20H20O. The molecule has 0 amide bonds. The van der Waals surface area contributed by atoms with E-state index in [0.29, 0.717) is 0 Å². The van der Waals surface area contributed by atoms with Gasteiger partial charge in [0.1, 0.15) is 5.75 Å². The van der Waals surface area contributed by atoms with Crippen LogP contribution in [-0.2, 0) is 0 Å². The van der Waals surface area contributed by atoms with E-state index in [1.54, 1.807) is 7.11 Å². The maximum atomic E-state index is 5.16. The van der Waals surface area contributed by atoms with Crippen LogP contribution in [0.1, 0.15) is 29.0 Å². The summed E-state index contributed by atoms with van der Waals surface area (Å²) in [6.45, 7) is 5.97. The summed E-state index contributed by atoms with van der Waals surface area (Å²) in [4.78, 5) is 0. The summed E-state index contributed by atoms with van der Waals surface area (Å²) in [7, 11) is 1.67. The summed E-state index contributed by atoms with van der Waals surface area (Å²) in [6, 6.07) is 16.2. The summed E-state index contributed by atoms with van der Waals surface area (Å²) in [6.07, 6.45) is 2.79. The van der Waals surface area contributed by atoms with Gasteiger partial charge in [-0.15, -0.1) is 6.58 Å². The molecule has 2 aromatic rings. The quantitative estimate of drug-likeness (QED) is 0.580. The number of aryl methyl sites for hydroxylation is 1. The van der Waals surface area contributed by atoms with E-state index in [1.165, 1.54) is 11.1 Å². The summed E-state index contributed by atoms with van der Waals surface area (Å²) in [5.74, 6) is 7.66. The van der Waals surface area contributed by atoms with Crippen molar-refractivity contribution in [1.82, 2.24) is 0 Å². The van der Waals surface area contributed by atoms with Crippen molar-refractivity contribution >= 4 is 0 Å². The predicted molar refractivity (Wildman–Crippen MR) is 88.6 cm³/mol. The molecule has 1 atom stereocenters. The predicted octanol–water partition coefficient (Wildman–Crippen LogP) is 4.72. The number of hydrogen-bond donors (Lipinski definition) is 0. The van der Waals surface area contributed by atoms with Crippen molar-refractivity contribution in [3.63, 3.8) is 0 Å². The fourth-order valence-electron chi connectivity index (χ4n) is 2.25. The fourth-order valence-corrected chi connectivity index (χ4v) is 2.25. The lowest BCUT2D eigenvalue weighted by Gasteiger charge is -2.11. The third-order valence-corrected chi connectivity index (χ3v) is 3.45. The molecule has 0 heterocycles. The van der Waals surface area contributed by atoms with Crippen molar-refractivity contribution < 1.29 is 4.74 Å². The molecule has 0 bridgehead atoms. The van der Waals surface area contributed by atoms with Crippen LogP contribution in [-0.4, -0.2) is 7.11 Å². The monoisotopic (exact) mass is 276 g/mol. The van der Waals surface area contributed by atoms with Crippen molar-refractivity contribution in [2.75, 3.05) is 7.11 Å². The largest absolute Gasteiger partial charge is 0.497 e. The van der Waals surface area contributed by atoms with Crippen LogP contribution in [0.25, 0.3) is 0 Å². The van der Waals surface area contributed by atoms with Crippen LogP contribution in [0.3, 0.4) is 0 Å². The van der Waals surface area contributed by atoms with Crippen LogP contribution in [0, 0.1) is 18.8 Å². The van der Waals surface area contributed by atoms with Gasteiger partial charge in [-0.05, 0) is 48.7 Å². The van der Waals surface area contributed by atoms with Gasteiger partial charge in [-0.1, -0.05) is 42.2 Å². The maximum Gasteiger partial charge on any atom is 0.118 e. The van der Waals surface area contributed by atoms with Crippen LogP contribution in [0.4, 0.5) is 0 Å². The van der Waals surface area contributed by atoms with Gasteiger partial charge in [0.05, 0.1) is 7.11 Å². The maximum absolute atomic E-state index is 5.16. The highest BCUT2D eigenvalue weighted by Crippen LogP contribution is 2.23. The number of rotatable bonds is 4. The number of methoxy groups -OCH3 is 1. The minimum Gasteiger partial charge on any atom is -0.497 e. The van der Waals surface area contributed by atoms with E-state index in [4.69, 9.17) is 4.74 Å². The molecule has 0 saturated heterocycles. The Morgan fingerprint density at radius 2 is 1.86 bits per heavy atom. The molecule has 2 aromatic carbocycles. The Balaban J connectivity index is 2.26. The Morgan fingerprint density at radius 3 is 2.48 bits per heavy atom. The van der Waals surface area contributed by atoms with Gasteiger partial charge >= 0.3 is 0 Å². The zero-order valence-corrected chi connectivity index (χ0v) is 12.6. The summed E-state index contributed by atoms with van der Waals surface area (Å²) < 4.78 is 5.16. The summed E-state index contributed by atoms with van der Waals surface area (Å²) >= 11 is 0. The summed E-state index contributed by atoms with van der Waals surface area (Å²) in [5, 5.41) is 0. The Bertz CT molecular complexity index is 656. The average molecular weight is 276 g/mol. The minimum atomic E-state index is 0.186. The van der Waals surface area contributed by atoms with E-state index < -0.39 is 0 Å². The molecule has 0 aliphatic rings. The van der Waals surface area contributed by atoms with Crippen LogP contribution >= 0.6 is 0 Å². The van der Waals surface area contributed by atoms with Crippen molar-refractivity contribution in [3.05, 3.63) is 77.9 Å². The molecule has 21 heavy (non-hydrogen) atoms. The Labute approximate surface area is 127 Å². The first-order valence-corrected chi connectivity index (χ1v) is 7.06. The van der Waals surface area contributed by atoms with Crippen LogP contribution < -0.4 is 4.74 Å². The van der Waals surface area contributed by atoms with E-state index in [-0.39, 0.29) is 5.92 Å². The molecular weight excluding hydrogens is 256 g/mol. The van der Waals surface area contributed by atoms with E-state index >= 15 is 0 Å². The van der Waals surface area contributed by atoms with Gasteiger partial charge in [0.25, 0.3) is 0 Å². The van der Waals surface area contributed by atoms with Gasteiger partial charge in [0.2, 0.25) is 0 Å². The highest BCUT2D eigenvalue weighted by molar-refractivity contribution is 5.42. The van der Waals surface area contributed by atoms with Gasteiger partial charge in [-0.2, -0.15) is 0 Å². The average Bonchev–Trinajstić information content (AvgIpc) is 2.53. The third-order valence-electron chi connectivity index (χ3n) is 3.45. The van der Waals surface area contributed by atoms with E-state index in [0.717, 1.165) is 17.7 Å². The van der Waals surface area contributed by atoms with Crippen molar-refractivity contribution in [2.45, 2.75) is 19.3 Å². The number of hydrogen-bond acceptors (Lipinski definition) is 1. The second-order valence-electron chi connectivity index (χ2n) is 4.93. The van der Waals surface area contributed by atoms with Crippen molar-refractivity contribution in [2.24, 2.45) is 0 Å². The van der Waals surface area contributed by atoms with Crippen LogP contribution in [0.15, 0.2) is 61.2 Å². The van der Waals surface area contributed by atoms with Gasteiger partial charge in [0.15, 0.2) is 0 Å². The van der Waals surface area contributed by atoms with Crippen molar-refractivity contribution in [1.29, 1.82) is 0 Å². The number of benzene rings is 2. The van der Waals surface area contributed by atoms with E-state index in [1.807, 2.05) is 30.3 Å². The topological polar surface area (TPSA) is 9.23 Å². The molecule has 1 nitrogen and oxygen atoms in total. The first kappa shape index (κ1) is 14.9. The molecule has 0 aromatic heterocycles. The lowest BCUT2D eigenvalue weighted by Crippen LogP contribution is -1.97. The van der Waals surface area contributed by atoms with Gasteiger partial charge in [-0.3, -0.25) is 0 Å². The first-order chi connectivity index (χ1) is 10.2. The zero-order valence-electron chi connectivity index (χ0n) is 12.6. The van der Waals surface area contributed by atoms with Crippen LogP contribution in [0.2, 0.25) is 0 Å². The molecule has 0 spiro atoms. The third kappa shape index (κ3) is 4.00. The minimum absolute atomic E-state index is 0.186. The molecule has 0 fully saturated rings. The Kier molecular flexibility index (Phi) is 5.23. The highest BCUT2D eigenvalue weighted by atomic mass is 16.5. The molecule has 1 heteroatoms. The molecule has 1 unspecified atom stereocenters. The molecule has 106 valence electrons. The van der Waals surface area contributed by atoms with E-state index in [2.05, 4.69) is 49.6 Å². The second kappa shape index (κ2) is 7.36. The molecule has 0 aliphatic heterocycles. The van der Waals surface area contributed by atoms with Gasteiger partial charge in [0, 0.05) is 11.5 Å². The lowest BCUT2D eigenvalue weighted by atomic mass is 9.92. The fraction of sp³-hybridized carbons (Fsp3) is 0.200. The van der Waals surface area contributed by atoms with Crippen molar-refractivity contribution in [3.8, 4) is 17.6 Å². The highest BCUT2D eigenvalue weighted by Gasteiger charge is 2.08. The van der Waals surface area contributed by atoms with Crippen LogP contribution in [0.5, 0.6) is 5.75 Å². The smallest absolute Gasteiger partial charge is 0.118 e. The lowest BCUT2D eigenvalue weighted by molar-refractivity contribution is 0.415. The standard InChI is InChI=1S/C20H20O/c1-4-7-18(20-9-6-5-8-16(20)2)13-10-17-11-14-19(21-3)15-12-17/h4-6,8-9,11-12,14-15,18H,1,7H2,2-3H3. The number of allylic oxidation sites excluding steroid dienone is 1. The molecule has 2 rings (SSSR count). The van der Waals surface area contributed by atoms with E-state index in [9.17, 15) is 0 Å². The molecule has 0 aliphatic carbocycles.